The summed E-state index contributed by atoms with van der Waals surface area (Å²) in [6.45, 7) is 0. The predicted molar refractivity (Wildman–Crippen MR) is 156 cm³/mol. The fourth-order valence-corrected chi connectivity index (χ4v) is 4.58. The van der Waals surface area contributed by atoms with Gasteiger partial charge in [0.1, 0.15) is 0 Å². The van der Waals surface area contributed by atoms with Crippen LogP contribution in [0.15, 0.2) is 105 Å². The minimum Gasteiger partial charge on any atom is -0.335 e. The number of nitrogens with one attached hydrogen (secondary N) is 2. The van der Waals surface area contributed by atoms with Gasteiger partial charge in [-0.2, -0.15) is 10.2 Å². The number of benzene rings is 3. The molecule has 3 aromatic carbocycles. The molecular formula is C30H18N8O2. The molecular weight excluding hydrogens is 504 g/mol. The molecule has 0 atom stereocenters. The van der Waals surface area contributed by atoms with Gasteiger partial charge in [0.05, 0.1) is 46.2 Å². The van der Waals surface area contributed by atoms with Gasteiger partial charge in [0, 0.05) is 21.9 Å². The van der Waals surface area contributed by atoms with Gasteiger partial charge in [-0.15, -0.1) is 10.2 Å². The van der Waals surface area contributed by atoms with Crippen molar-refractivity contribution in [3.8, 4) is 0 Å². The number of fused-ring (bicyclic) bond motifs is 5. The van der Waals surface area contributed by atoms with Crippen molar-refractivity contribution in [1.82, 2.24) is 9.97 Å². The first kappa shape index (κ1) is 23.2. The Balaban J connectivity index is 1.16. The number of para-hydroxylation sites is 2. The second-order valence-electron chi connectivity index (χ2n) is 9.07. The predicted octanol–water partition coefficient (Wildman–Crippen LogP) is 4.86. The van der Waals surface area contributed by atoms with Crippen molar-refractivity contribution in [1.29, 1.82) is 0 Å². The molecule has 0 radical (unpaired) electrons. The first-order chi connectivity index (χ1) is 19.6. The van der Waals surface area contributed by atoms with Crippen molar-refractivity contribution >= 4 is 68.8 Å². The molecule has 2 aliphatic rings. The molecule has 0 bridgehead atoms. The van der Waals surface area contributed by atoms with Crippen molar-refractivity contribution < 1.29 is 9.59 Å². The molecule has 2 N–H and O–H groups in total. The summed E-state index contributed by atoms with van der Waals surface area (Å²) < 4.78 is 0. The van der Waals surface area contributed by atoms with Gasteiger partial charge in [0.25, 0.3) is 0 Å². The van der Waals surface area contributed by atoms with Crippen molar-refractivity contribution in [3.63, 3.8) is 0 Å². The maximum Gasteiger partial charge on any atom is 0.232 e. The molecule has 10 nitrogen and oxygen atoms in total. The fourth-order valence-electron chi connectivity index (χ4n) is 4.58. The highest BCUT2D eigenvalue weighted by atomic mass is 16.1. The van der Waals surface area contributed by atoms with Crippen LogP contribution in [0.25, 0.3) is 21.8 Å². The first-order valence-corrected chi connectivity index (χ1v) is 12.4. The Morgan fingerprint density at radius 2 is 0.975 bits per heavy atom. The average molecular weight is 523 g/mol. The molecule has 40 heavy (non-hydrogen) atoms. The van der Waals surface area contributed by atoms with E-state index < -0.39 is 0 Å². The number of pyridine rings is 2. The number of ketones is 2. The van der Waals surface area contributed by atoms with Gasteiger partial charge in [-0.05, 0) is 36.4 Å². The third-order valence-electron chi connectivity index (χ3n) is 6.54. The molecule has 0 saturated heterocycles. The Labute approximate surface area is 226 Å². The first-order valence-electron chi connectivity index (χ1n) is 12.4. The van der Waals surface area contributed by atoms with Crippen LogP contribution in [0.1, 0.15) is 32.1 Å². The number of rotatable bonds is 4. The van der Waals surface area contributed by atoms with Crippen LogP contribution in [0.5, 0.6) is 0 Å². The SMILES string of the molecule is O=C1/C(=N\N=C\c2ccc3ccc4ccc(/C=N/N=C5/Nc6ccccc6C5=O)nc4c3n2)Nc2ccccc21. The molecule has 2 aromatic heterocycles. The number of aromatic nitrogens is 2. The number of Topliss-reactive ketones (excluding diaryl/α,β-unsaturated/α-hetero) is 2. The fraction of sp³-hybridized carbons (Fsp3) is 0. The molecule has 10 heteroatoms. The summed E-state index contributed by atoms with van der Waals surface area (Å²) in [5, 5.41) is 24.1. The molecule has 0 fully saturated rings. The highest BCUT2D eigenvalue weighted by Crippen LogP contribution is 2.25. The van der Waals surface area contributed by atoms with Gasteiger partial charge in [0.15, 0.2) is 0 Å². The minimum absolute atomic E-state index is 0.163. The maximum atomic E-state index is 12.5. The Kier molecular flexibility index (Phi) is 5.48. The van der Waals surface area contributed by atoms with Crippen LogP contribution >= 0.6 is 0 Å². The van der Waals surface area contributed by atoms with Crippen LogP contribution in [-0.4, -0.2) is 45.6 Å². The highest BCUT2D eigenvalue weighted by molar-refractivity contribution is 6.54. The quantitative estimate of drug-likeness (QED) is 0.197. The highest BCUT2D eigenvalue weighted by Gasteiger charge is 2.26. The van der Waals surface area contributed by atoms with Gasteiger partial charge in [-0.3, -0.25) is 9.59 Å². The summed E-state index contributed by atoms with van der Waals surface area (Å²) in [5.74, 6) is -0.0785. The lowest BCUT2D eigenvalue weighted by Crippen LogP contribution is -2.13. The average Bonchev–Trinajstić information content (AvgIpc) is 3.48. The van der Waals surface area contributed by atoms with Gasteiger partial charge in [-0.25, -0.2) is 9.97 Å². The van der Waals surface area contributed by atoms with E-state index in [9.17, 15) is 9.59 Å². The van der Waals surface area contributed by atoms with Crippen LogP contribution in [0, 0.1) is 0 Å². The smallest absolute Gasteiger partial charge is 0.232 e. The molecule has 0 unspecified atom stereocenters. The number of carbonyl (C=O) groups is 2. The second-order valence-corrected chi connectivity index (χ2v) is 9.07. The number of nitrogens with zero attached hydrogens (tertiary/aromatic N) is 6. The normalized spacial score (nSPS) is 16.4. The van der Waals surface area contributed by atoms with Crippen LogP contribution in [0.3, 0.4) is 0 Å². The lowest BCUT2D eigenvalue weighted by Gasteiger charge is -2.04. The zero-order valence-corrected chi connectivity index (χ0v) is 20.7. The van der Waals surface area contributed by atoms with Crippen molar-refractivity contribution in [2.24, 2.45) is 20.4 Å². The topological polar surface area (TPSA) is 133 Å². The third-order valence-corrected chi connectivity index (χ3v) is 6.54. The van der Waals surface area contributed by atoms with Gasteiger partial charge < -0.3 is 10.6 Å². The molecule has 0 aliphatic carbocycles. The minimum atomic E-state index is -0.202. The molecule has 0 spiro atoms. The standard InChI is InChI=1S/C30H18N8O2/c39-27-21-5-1-3-7-23(21)35-29(27)37-31-15-19-13-11-17-9-10-18-12-14-20(34-26(18)25(17)33-19)16-32-38-30-28(40)22-6-2-4-8-24(22)36-30/h1-16H,(H,35,37,39)(H,36,38,40)/b31-15+,32-16+. The number of hydrogen-bond donors (Lipinski definition) is 2. The Bertz CT molecular complexity index is 1860. The van der Waals surface area contributed by atoms with E-state index in [1.54, 1.807) is 24.3 Å². The summed E-state index contributed by atoms with van der Waals surface area (Å²) in [6.07, 6.45) is 2.99. The van der Waals surface area contributed by atoms with Crippen LogP contribution in [0.4, 0.5) is 11.4 Å². The summed E-state index contributed by atoms with van der Waals surface area (Å²) in [5.41, 5.74) is 5.05. The molecule has 0 saturated carbocycles. The van der Waals surface area contributed by atoms with E-state index in [4.69, 9.17) is 9.97 Å². The van der Waals surface area contributed by atoms with Crippen LogP contribution in [0.2, 0.25) is 0 Å². The number of amidine groups is 2. The van der Waals surface area contributed by atoms with E-state index in [-0.39, 0.29) is 23.2 Å². The van der Waals surface area contributed by atoms with E-state index in [2.05, 4.69) is 31.0 Å². The van der Waals surface area contributed by atoms with Crippen LogP contribution in [-0.2, 0) is 0 Å². The van der Waals surface area contributed by atoms with Crippen molar-refractivity contribution in [2.45, 2.75) is 0 Å². The Morgan fingerprint density at radius 1 is 0.550 bits per heavy atom. The van der Waals surface area contributed by atoms with Crippen molar-refractivity contribution in [2.75, 3.05) is 10.6 Å². The zero-order valence-electron chi connectivity index (χ0n) is 20.7. The Hall–Kier alpha value is -5.90. The Morgan fingerprint density at radius 3 is 1.43 bits per heavy atom. The van der Waals surface area contributed by atoms with Crippen molar-refractivity contribution in [3.05, 3.63) is 107 Å². The van der Waals surface area contributed by atoms with E-state index in [1.807, 2.05) is 60.7 Å². The van der Waals surface area contributed by atoms with Gasteiger partial charge in [-0.1, -0.05) is 48.5 Å². The number of hydrogen-bond acceptors (Lipinski definition) is 8. The molecule has 2 aliphatic heterocycles. The largest absolute Gasteiger partial charge is 0.335 e. The lowest BCUT2D eigenvalue weighted by molar-refractivity contribution is 0.106. The second kappa shape index (κ2) is 9.44. The third kappa shape index (κ3) is 4.09. The monoisotopic (exact) mass is 522 g/mol. The van der Waals surface area contributed by atoms with Gasteiger partial charge in [0.2, 0.25) is 23.2 Å². The molecule has 4 heterocycles. The molecule has 0 amide bonds. The summed E-state index contributed by atoms with van der Waals surface area (Å²) in [4.78, 5) is 34.4. The molecule has 5 aromatic rings. The summed E-state index contributed by atoms with van der Waals surface area (Å²) in [7, 11) is 0. The molecule has 7 rings (SSSR count). The zero-order chi connectivity index (χ0) is 27.1. The lowest BCUT2D eigenvalue weighted by atomic mass is 10.1. The van der Waals surface area contributed by atoms with E-state index in [1.165, 1.54) is 12.4 Å². The van der Waals surface area contributed by atoms with Gasteiger partial charge >= 0.3 is 0 Å². The van der Waals surface area contributed by atoms with E-state index >= 15 is 0 Å². The van der Waals surface area contributed by atoms with E-state index in [0.29, 0.717) is 44.9 Å². The maximum absolute atomic E-state index is 12.5. The van der Waals surface area contributed by atoms with Crippen LogP contribution < -0.4 is 10.6 Å². The summed E-state index contributed by atoms with van der Waals surface area (Å²) in [6, 6.07) is 25.9. The van der Waals surface area contributed by atoms with E-state index in [0.717, 1.165) is 10.8 Å². The number of carbonyl (C=O) groups excluding carboxylic acids is 2. The summed E-state index contributed by atoms with van der Waals surface area (Å²) >= 11 is 0. The molecule has 190 valence electrons. The number of anilines is 2.